The van der Waals surface area contributed by atoms with Crippen molar-refractivity contribution < 1.29 is 26.4 Å². The number of benzene rings is 1. The minimum Gasteiger partial charge on any atom is -0.325 e. The lowest BCUT2D eigenvalue weighted by molar-refractivity contribution is -0.137. The number of carbonyl (C=O) groups excluding carboxylic acids is 1. The van der Waals surface area contributed by atoms with Gasteiger partial charge in [0.25, 0.3) is 0 Å². The van der Waals surface area contributed by atoms with E-state index in [1.54, 1.807) is 0 Å². The highest BCUT2D eigenvalue weighted by molar-refractivity contribution is 7.89. The third-order valence-electron chi connectivity index (χ3n) is 3.34. The second kappa shape index (κ2) is 9.21. The van der Waals surface area contributed by atoms with Crippen LogP contribution in [0.25, 0.3) is 0 Å². The Morgan fingerprint density at radius 1 is 1.35 bits per heavy atom. The summed E-state index contributed by atoms with van der Waals surface area (Å²) in [5, 5.41) is 10.1. The number of nitrogens with zero attached hydrogens (tertiary/aromatic N) is 2. The van der Waals surface area contributed by atoms with Gasteiger partial charge in [0, 0.05) is 19.2 Å². The smallest absolute Gasteiger partial charge is 0.325 e. The summed E-state index contributed by atoms with van der Waals surface area (Å²) >= 11 is 5.49. The molecule has 0 aliphatic heterocycles. The predicted octanol–water partition coefficient (Wildman–Crippen LogP) is 3.25. The molecule has 0 bridgehead atoms. The van der Waals surface area contributed by atoms with Crippen molar-refractivity contribution in [1.29, 1.82) is 5.26 Å². The lowest BCUT2D eigenvalue weighted by Crippen LogP contribution is -2.36. The molecule has 1 amide bonds. The predicted molar refractivity (Wildman–Crippen MR) is 91.0 cm³/mol. The summed E-state index contributed by atoms with van der Waals surface area (Å²) < 4.78 is 63.2. The van der Waals surface area contributed by atoms with Crippen molar-refractivity contribution >= 4 is 33.2 Å². The highest BCUT2D eigenvalue weighted by atomic mass is 35.5. The Morgan fingerprint density at radius 2 is 2.00 bits per heavy atom. The van der Waals surface area contributed by atoms with Gasteiger partial charge in [0.2, 0.25) is 15.9 Å². The Morgan fingerprint density at radius 3 is 2.58 bits per heavy atom. The Labute approximate surface area is 154 Å². The second-order valence-corrected chi connectivity index (χ2v) is 8.03. The van der Waals surface area contributed by atoms with Gasteiger partial charge in [-0.1, -0.05) is 11.6 Å². The van der Waals surface area contributed by atoms with Crippen LogP contribution in [0.1, 0.15) is 24.8 Å². The van der Waals surface area contributed by atoms with Crippen LogP contribution in [-0.2, 0) is 21.0 Å². The topological polar surface area (TPSA) is 90.3 Å². The summed E-state index contributed by atoms with van der Waals surface area (Å²) in [5.41, 5.74) is -1.25. The van der Waals surface area contributed by atoms with E-state index in [2.05, 4.69) is 5.32 Å². The van der Waals surface area contributed by atoms with Gasteiger partial charge in [0.15, 0.2) is 0 Å². The number of halogens is 4. The second-order valence-electron chi connectivity index (χ2n) is 5.43. The maximum Gasteiger partial charge on any atom is 0.417 e. The van der Waals surface area contributed by atoms with Crippen LogP contribution in [0.15, 0.2) is 18.2 Å². The van der Waals surface area contributed by atoms with Gasteiger partial charge in [-0.15, -0.1) is 0 Å². The average Bonchev–Trinajstić information content (AvgIpc) is 2.52. The fraction of sp³-hybridized carbons (Fsp3) is 0.467. The molecule has 1 aromatic carbocycles. The minimum absolute atomic E-state index is 0.147. The molecule has 0 saturated carbocycles. The van der Waals surface area contributed by atoms with E-state index in [0.717, 1.165) is 10.4 Å². The van der Waals surface area contributed by atoms with Crippen LogP contribution in [0.3, 0.4) is 0 Å². The number of hydrogen-bond donors (Lipinski definition) is 1. The molecule has 0 aromatic heterocycles. The molecule has 0 saturated heterocycles. The number of alkyl halides is 3. The lowest BCUT2D eigenvalue weighted by atomic mass is 10.2. The Hall–Kier alpha value is -1.83. The highest BCUT2D eigenvalue weighted by Crippen LogP contribution is 2.36. The number of likely N-dealkylation sites (N-methyl/N-ethyl adjacent to an activating group) is 1. The number of carbonyl (C=O) groups is 1. The van der Waals surface area contributed by atoms with E-state index in [9.17, 15) is 26.4 Å². The first-order valence-corrected chi connectivity index (χ1v) is 9.43. The number of sulfonamides is 1. The standard InChI is InChI=1S/C15H17ClF3N3O3S/c1-22(26(24,25)8-4-2-3-7-20)10-14(23)21-11-5-6-13(16)12(9-11)15(17,18)19/h5-6,9H,2-4,8,10H2,1H3,(H,21,23). The van der Waals surface area contributed by atoms with Crippen molar-refractivity contribution in [3.05, 3.63) is 28.8 Å². The molecule has 0 heterocycles. The highest BCUT2D eigenvalue weighted by Gasteiger charge is 2.33. The van der Waals surface area contributed by atoms with Gasteiger partial charge in [0.05, 0.1) is 29.0 Å². The van der Waals surface area contributed by atoms with Gasteiger partial charge in [-0.05, 0) is 31.0 Å². The molecule has 26 heavy (non-hydrogen) atoms. The van der Waals surface area contributed by atoms with E-state index in [1.165, 1.54) is 13.1 Å². The van der Waals surface area contributed by atoms with E-state index < -0.39 is 39.2 Å². The zero-order valence-corrected chi connectivity index (χ0v) is 15.4. The fourth-order valence-corrected chi connectivity index (χ4v) is 3.38. The number of hydrogen-bond acceptors (Lipinski definition) is 4. The molecule has 11 heteroatoms. The van der Waals surface area contributed by atoms with Crippen LogP contribution >= 0.6 is 11.6 Å². The molecule has 0 fully saturated rings. The van der Waals surface area contributed by atoms with Gasteiger partial charge in [-0.25, -0.2) is 8.42 Å². The SMILES string of the molecule is CN(CC(=O)Nc1ccc(Cl)c(C(F)(F)F)c1)S(=O)(=O)CCCCC#N. The van der Waals surface area contributed by atoms with Gasteiger partial charge in [-0.3, -0.25) is 4.79 Å². The summed E-state index contributed by atoms with van der Waals surface area (Å²) in [6.07, 6.45) is -3.76. The van der Waals surface area contributed by atoms with Crippen molar-refractivity contribution in [3.63, 3.8) is 0 Å². The summed E-state index contributed by atoms with van der Waals surface area (Å²) in [5.74, 6) is -1.01. The normalized spacial score (nSPS) is 12.0. The van der Waals surface area contributed by atoms with Crippen molar-refractivity contribution in [2.75, 3.05) is 24.7 Å². The number of nitriles is 1. The summed E-state index contributed by atoms with van der Waals surface area (Å²) in [6.45, 7) is -0.551. The number of nitrogens with one attached hydrogen (secondary N) is 1. The Bertz CT molecular complexity index is 792. The fourth-order valence-electron chi connectivity index (χ4n) is 1.97. The van der Waals surface area contributed by atoms with E-state index >= 15 is 0 Å². The van der Waals surface area contributed by atoms with E-state index in [1.807, 2.05) is 6.07 Å². The minimum atomic E-state index is -4.68. The zero-order chi connectivity index (χ0) is 20.0. The maximum absolute atomic E-state index is 12.8. The molecular weight excluding hydrogens is 395 g/mol. The van der Waals surface area contributed by atoms with Crippen LogP contribution in [-0.4, -0.2) is 38.0 Å². The van der Waals surface area contributed by atoms with Gasteiger partial charge >= 0.3 is 6.18 Å². The molecular formula is C15H17ClF3N3O3S. The van der Waals surface area contributed by atoms with E-state index in [0.29, 0.717) is 12.5 Å². The van der Waals surface area contributed by atoms with Crippen molar-refractivity contribution in [2.24, 2.45) is 0 Å². The summed E-state index contributed by atoms with van der Waals surface area (Å²) in [6, 6.07) is 4.76. The van der Waals surface area contributed by atoms with Gasteiger partial charge < -0.3 is 5.32 Å². The average molecular weight is 412 g/mol. The number of amides is 1. The summed E-state index contributed by atoms with van der Waals surface area (Å²) in [4.78, 5) is 11.9. The molecule has 6 nitrogen and oxygen atoms in total. The molecule has 0 aliphatic carbocycles. The van der Waals surface area contributed by atoms with E-state index in [-0.39, 0.29) is 24.3 Å². The zero-order valence-electron chi connectivity index (χ0n) is 13.8. The third kappa shape index (κ3) is 6.82. The number of anilines is 1. The van der Waals surface area contributed by atoms with Crippen molar-refractivity contribution in [2.45, 2.75) is 25.4 Å². The molecule has 0 spiro atoms. The first-order valence-electron chi connectivity index (χ1n) is 7.45. The molecule has 0 atom stereocenters. The van der Waals surface area contributed by atoms with Gasteiger partial charge in [-0.2, -0.15) is 22.7 Å². The number of rotatable bonds is 8. The van der Waals surface area contributed by atoms with Crippen LogP contribution in [0.5, 0.6) is 0 Å². The quantitative estimate of drug-likeness (QED) is 0.665. The maximum atomic E-state index is 12.8. The molecule has 0 radical (unpaired) electrons. The first kappa shape index (κ1) is 22.2. The molecule has 1 N–H and O–H groups in total. The summed E-state index contributed by atoms with van der Waals surface area (Å²) in [7, 11) is -2.51. The van der Waals surface area contributed by atoms with Crippen LogP contribution in [0, 0.1) is 11.3 Å². The van der Waals surface area contributed by atoms with E-state index in [4.69, 9.17) is 16.9 Å². The first-order chi connectivity index (χ1) is 12.0. The van der Waals surface area contributed by atoms with Crippen LogP contribution in [0.4, 0.5) is 18.9 Å². The largest absolute Gasteiger partial charge is 0.417 e. The number of unbranched alkanes of at least 4 members (excludes halogenated alkanes) is 2. The third-order valence-corrected chi connectivity index (χ3v) is 5.55. The molecule has 1 rings (SSSR count). The molecule has 0 unspecified atom stereocenters. The van der Waals surface area contributed by atoms with Crippen LogP contribution in [0.2, 0.25) is 5.02 Å². The lowest BCUT2D eigenvalue weighted by Gasteiger charge is -2.17. The van der Waals surface area contributed by atoms with Crippen molar-refractivity contribution in [3.8, 4) is 6.07 Å². The van der Waals surface area contributed by atoms with Crippen LogP contribution < -0.4 is 5.32 Å². The molecule has 144 valence electrons. The van der Waals surface area contributed by atoms with Crippen molar-refractivity contribution in [1.82, 2.24) is 4.31 Å². The monoisotopic (exact) mass is 411 g/mol. The van der Waals surface area contributed by atoms with Gasteiger partial charge in [0.1, 0.15) is 0 Å². The molecule has 1 aromatic rings. The Balaban J connectivity index is 2.70. The Kier molecular flexibility index (Phi) is 7.87. The molecule has 0 aliphatic rings.